The molecule has 0 spiro atoms. The molecule has 0 aliphatic heterocycles. The highest BCUT2D eigenvalue weighted by molar-refractivity contribution is 4.71. The minimum atomic E-state index is -0.720. The van der Waals surface area contributed by atoms with Crippen LogP contribution in [0.2, 0.25) is 0 Å². The van der Waals surface area contributed by atoms with Crippen LogP contribution in [0.5, 0.6) is 0 Å². The van der Waals surface area contributed by atoms with Crippen LogP contribution in [0.3, 0.4) is 0 Å². The molecule has 7 heavy (non-hydrogen) atoms. The zero-order chi connectivity index (χ0) is 5.11. The minimum Gasteiger partial charge on any atom is -0.247 e. The van der Waals surface area contributed by atoms with Crippen LogP contribution in [0, 0.1) is 18.3 Å². The highest BCUT2D eigenvalue weighted by Crippen LogP contribution is 1.79. The maximum Gasteiger partial charge on any atom is 0.241 e. The van der Waals surface area contributed by atoms with Crippen LogP contribution in [-0.4, -0.2) is 9.97 Å². The average Bonchev–Trinajstić information content (AvgIpc) is 1.69. The van der Waals surface area contributed by atoms with Crippen molar-refractivity contribution in [2.45, 2.75) is 0 Å². The molecule has 0 saturated carbocycles. The second-order valence-electron chi connectivity index (χ2n) is 0.902. The van der Waals surface area contributed by atoms with Crippen molar-refractivity contribution in [3.8, 4) is 0 Å². The zero-order valence-electron chi connectivity index (χ0n) is 3.35. The van der Waals surface area contributed by atoms with E-state index >= 15 is 0 Å². The molecule has 1 heterocycles. The Morgan fingerprint density at radius 2 is 2.57 bits per heavy atom. The van der Waals surface area contributed by atoms with Crippen molar-refractivity contribution in [1.82, 2.24) is 9.97 Å². The average molecular weight is 96.1 g/mol. The summed E-state index contributed by atoms with van der Waals surface area (Å²) >= 11 is 0. The standard InChI is InChI=1S/C4HFN2/c5-4-3-6-1-2-7-4/h1H. The summed E-state index contributed by atoms with van der Waals surface area (Å²) in [5.41, 5.74) is 0. The van der Waals surface area contributed by atoms with Gasteiger partial charge >= 0.3 is 0 Å². The highest BCUT2D eigenvalue weighted by atomic mass is 19.1. The largest absolute Gasteiger partial charge is 0.247 e. The fraction of sp³-hybridized carbons (Fsp3) is 0. The molecule has 0 N–H and O–H groups in total. The second-order valence-corrected chi connectivity index (χ2v) is 0.902. The van der Waals surface area contributed by atoms with Gasteiger partial charge in [0.05, 0.1) is 6.20 Å². The summed E-state index contributed by atoms with van der Waals surface area (Å²) in [6.07, 6.45) is 5.40. The molecular weight excluding hydrogens is 95.1 g/mol. The lowest BCUT2D eigenvalue weighted by Gasteiger charge is -1.75. The van der Waals surface area contributed by atoms with Gasteiger partial charge in [-0.1, -0.05) is 0 Å². The van der Waals surface area contributed by atoms with Crippen LogP contribution >= 0.6 is 0 Å². The highest BCUT2D eigenvalue weighted by Gasteiger charge is 1.82. The van der Waals surface area contributed by atoms with E-state index in [0.29, 0.717) is 0 Å². The molecule has 0 aliphatic carbocycles. The smallest absolute Gasteiger partial charge is 0.241 e. The lowest BCUT2D eigenvalue weighted by molar-refractivity contribution is 0.572. The third-order valence-electron chi connectivity index (χ3n) is 0.442. The molecule has 0 saturated heterocycles. The maximum absolute atomic E-state index is 11.6. The summed E-state index contributed by atoms with van der Waals surface area (Å²) in [7, 11) is 0. The van der Waals surface area contributed by atoms with Crippen molar-refractivity contribution in [2.75, 3.05) is 0 Å². The van der Waals surface area contributed by atoms with Crippen LogP contribution < -0.4 is 0 Å². The summed E-state index contributed by atoms with van der Waals surface area (Å²) in [4.78, 5) is 6.34. The van der Waals surface area contributed by atoms with Gasteiger partial charge in [0.25, 0.3) is 0 Å². The van der Waals surface area contributed by atoms with Gasteiger partial charge in [0, 0.05) is 0 Å². The molecule has 34 valence electrons. The van der Waals surface area contributed by atoms with Crippen molar-refractivity contribution in [2.24, 2.45) is 0 Å². The topological polar surface area (TPSA) is 25.8 Å². The van der Waals surface area contributed by atoms with Crippen molar-refractivity contribution < 1.29 is 4.39 Å². The third-order valence-corrected chi connectivity index (χ3v) is 0.442. The third kappa shape index (κ3) is 0.924. The Kier molecular flexibility index (Phi) is 0.978. The normalized spacial score (nSPS) is 8.71. The molecular formula is C4HFN2. The first-order valence-electron chi connectivity index (χ1n) is 1.66. The number of nitrogens with zero attached hydrogens (tertiary/aromatic N) is 2. The molecule has 0 aliphatic rings. The zero-order valence-corrected chi connectivity index (χ0v) is 3.35. The van der Waals surface area contributed by atoms with E-state index in [1.54, 1.807) is 0 Å². The quantitative estimate of drug-likeness (QED) is 0.461. The van der Waals surface area contributed by atoms with E-state index in [0.717, 1.165) is 0 Å². The summed E-state index contributed by atoms with van der Waals surface area (Å²) < 4.78 is 11.6. The monoisotopic (exact) mass is 96.0 g/mol. The van der Waals surface area contributed by atoms with Crippen LogP contribution in [0.25, 0.3) is 0 Å². The van der Waals surface area contributed by atoms with Gasteiger partial charge in [-0.15, -0.1) is 0 Å². The van der Waals surface area contributed by atoms with Crippen molar-refractivity contribution in [3.05, 3.63) is 24.5 Å². The van der Waals surface area contributed by atoms with E-state index in [1.807, 2.05) is 6.20 Å². The number of halogens is 1. The van der Waals surface area contributed by atoms with Gasteiger partial charge in [0.1, 0.15) is 12.4 Å². The van der Waals surface area contributed by atoms with E-state index in [1.165, 1.54) is 6.20 Å². The van der Waals surface area contributed by atoms with Gasteiger partial charge in [-0.05, 0) is 0 Å². The Bertz CT molecular complexity index is 140. The SMILES string of the molecule is Fc1[c]nc[c]n1. The van der Waals surface area contributed by atoms with E-state index in [-0.39, 0.29) is 0 Å². The molecule has 1 aromatic rings. The van der Waals surface area contributed by atoms with Crippen LogP contribution in [-0.2, 0) is 0 Å². The van der Waals surface area contributed by atoms with Gasteiger partial charge in [-0.3, -0.25) is 0 Å². The molecule has 1 aromatic heterocycles. The van der Waals surface area contributed by atoms with Crippen molar-refractivity contribution in [1.29, 1.82) is 0 Å². The molecule has 0 aromatic carbocycles. The van der Waals surface area contributed by atoms with Gasteiger partial charge in [0.15, 0.2) is 0 Å². The predicted molar refractivity (Wildman–Crippen MR) is 19.7 cm³/mol. The fourth-order valence-corrected chi connectivity index (χ4v) is 0.225. The molecule has 3 heteroatoms. The molecule has 0 unspecified atom stereocenters. The van der Waals surface area contributed by atoms with Crippen LogP contribution in [0.4, 0.5) is 4.39 Å². The van der Waals surface area contributed by atoms with Crippen molar-refractivity contribution in [3.63, 3.8) is 0 Å². The number of rotatable bonds is 0. The predicted octanol–water partition coefficient (Wildman–Crippen LogP) is 0.216. The van der Waals surface area contributed by atoms with E-state index in [4.69, 9.17) is 0 Å². The summed E-state index contributed by atoms with van der Waals surface area (Å²) in [5, 5.41) is 0. The summed E-state index contributed by atoms with van der Waals surface area (Å²) in [6, 6.07) is 0. The Morgan fingerprint density at radius 3 is 2.86 bits per heavy atom. The summed E-state index contributed by atoms with van der Waals surface area (Å²) in [6.45, 7) is 0. The van der Waals surface area contributed by atoms with Crippen molar-refractivity contribution >= 4 is 0 Å². The Morgan fingerprint density at radius 1 is 1.71 bits per heavy atom. The maximum atomic E-state index is 11.6. The molecule has 2 nitrogen and oxygen atoms in total. The van der Waals surface area contributed by atoms with Crippen LogP contribution in [0.15, 0.2) is 6.20 Å². The molecule has 0 amide bonds. The van der Waals surface area contributed by atoms with Gasteiger partial charge in [0.2, 0.25) is 5.95 Å². The number of aromatic nitrogens is 2. The van der Waals surface area contributed by atoms with E-state index < -0.39 is 5.95 Å². The van der Waals surface area contributed by atoms with Gasteiger partial charge in [-0.25, -0.2) is 9.97 Å². The number of hydrogen-bond donors (Lipinski definition) is 0. The molecule has 0 atom stereocenters. The Balaban J connectivity index is 3.02. The lowest BCUT2D eigenvalue weighted by atomic mass is 10.8. The van der Waals surface area contributed by atoms with Gasteiger partial charge in [-0.2, -0.15) is 4.39 Å². The fourth-order valence-electron chi connectivity index (χ4n) is 0.225. The van der Waals surface area contributed by atoms with Gasteiger partial charge < -0.3 is 0 Å². The van der Waals surface area contributed by atoms with E-state index in [9.17, 15) is 4.39 Å². The first kappa shape index (κ1) is 4.18. The Hall–Kier alpha value is -0.990. The Labute approximate surface area is 40.0 Å². The van der Waals surface area contributed by atoms with E-state index in [2.05, 4.69) is 16.2 Å². The second kappa shape index (κ2) is 1.64. The first-order chi connectivity index (χ1) is 3.39. The minimum absolute atomic E-state index is 0.720. The first-order valence-corrected chi connectivity index (χ1v) is 1.66. The molecule has 0 fully saturated rings. The van der Waals surface area contributed by atoms with Crippen LogP contribution in [0.1, 0.15) is 0 Å². The molecule has 0 bridgehead atoms. The molecule has 1 rings (SSSR count). The molecule has 2 radical (unpaired) electrons. The lowest BCUT2D eigenvalue weighted by Crippen LogP contribution is -1.80. The summed E-state index contributed by atoms with van der Waals surface area (Å²) in [5.74, 6) is -0.720. The number of hydrogen-bond acceptors (Lipinski definition) is 2.